The third-order valence-corrected chi connectivity index (χ3v) is 4.90. The molecule has 1 aromatic carbocycles. The van der Waals surface area contributed by atoms with Gasteiger partial charge in [-0.15, -0.1) is 11.8 Å². The second-order valence-electron chi connectivity index (χ2n) is 4.39. The lowest BCUT2D eigenvalue weighted by Gasteiger charge is -2.25. The van der Waals surface area contributed by atoms with E-state index >= 15 is 0 Å². The molecular weight excluding hydrogens is 281 g/mol. The quantitative estimate of drug-likeness (QED) is 0.932. The maximum atomic E-state index is 13.4. The highest BCUT2D eigenvalue weighted by Crippen LogP contribution is 2.38. The standard InChI is InChI=1S/C13H14FN3S2/c1-2-12-16-13(19-17-12)15-10-5-6-18-11-4-3-8(14)7-9(10)11/h3-4,7,10H,2,5-6H2,1H3,(H,15,16,17). The molecule has 1 atom stereocenters. The van der Waals surface area contributed by atoms with Crippen LogP contribution in [0.5, 0.6) is 0 Å². The smallest absolute Gasteiger partial charge is 0.203 e. The number of anilines is 1. The van der Waals surface area contributed by atoms with E-state index in [1.54, 1.807) is 17.8 Å². The van der Waals surface area contributed by atoms with Gasteiger partial charge >= 0.3 is 0 Å². The van der Waals surface area contributed by atoms with Crippen molar-refractivity contribution < 1.29 is 4.39 Å². The Hall–Kier alpha value is -1.14. The Balaban J connectivity index is 1.84. The van der Waals surface area contributed by atoms with Crippen LogP contribution in [0.15, 0.2) is 23.1 Å². The van der Waals surface area contributed by atoms with Gasteiger partial charge in [-0.05, 0) is 30.2 Å². The first-order valence-electron chi connectivity index (χ1n) is 6.27. The lowest BCUT2D eigenvalue weighted by Crippen LogP contribution is -2.16. The molecule has 1 unspecified atom stereocenters. The summed E-state index contributed by atoms with van der Waals surface area (Å²) < 4.78 is 17.7. The number of nitrogens with one attached hydrogen (secondary N) is 1. The molecule has 6 heteroatoms. The highest BCUT2D eigenvalue weighted by atomic mass is 32.2. The van der Waals surface area contributed by atoms with Gasteiger partial charge in [0.1, 0.15) is 11.6 Å². The summed E-state index contributed by atoms with van der Waals surface area (Å²) in [7, 11) is 0. The van der Waals surface area contributed by atoms with E-state index in [4.69, 9.17) is 0 Å². The molecule has 0 spiro atoms. The largest absolute Gasteiger partial charge is 0.353 e. The SMILES string of the molecule is CCc1nsc(NC2CCSc3ccc(F)cc32)n1. The van der Waals surface area contributed by atoms with Crippen LogP contribution in [-0.4, -0.2) is 15.1 Å². The number of thioether (sulfide) groups is 1. The molecule has 0 bridgehead atoms. The van der Waals surface area contributed by atoms with Gasteiger partial charge in [0, 0.05) is 28.6 Å². The molecule has 0 fully saturated rings. The van der Waals surface area contributed by atoms with Crippen molar-refractivity contribution in [3.05, 3.63) is 35.4 Å². The van der Waals surface area contributed by atoms with E-state index < -0.39 is 0 Å². The molecule has 2 heterocycles. The average Bonchev–Trinajstić information content (AvgIpc) is 2.87. The van der Waals surface area contributed by atoms with Crippen molar-refractivity contribution in [2.45, 2.75) is 30.7 Å². The Morgan fingerprint density at radius 2 is 2.37 bits per heavy atom. The normalized spacial score (nSPS) is 18.1. The summed E-state index contributed by atoms with van der Waals surface area (Å²) in [4.78, 5) is 5.57. The van der Waals surface area contributed by atoms with Crippen molar-refractivity contribution in [2.24, 2.45) is 0 Å². The summed E-state index contributed by atoms with van der Waals surface area (Å²) in [5.74, 6) is 1.71. The highest BCUT2D eigenvalue weighted by Gasteiger charge is 2.22. The van der Waals surface area contributed by atoms with Gasteiger partial charge in [-0.2, -0.15) is 4.37 Å². The molecule has 2 aromatic rings. The molecule has 0 radical (unpaired) electrons. The topological polar surface area (TPSA) is 37.8 Å². The first-order chi connectivity index (χ1) is 9.26. The highest BCUT2D eigenvalue weighted by molar-refractivity contribution is 7.99. The average molecular weight is 295 g/mol. The minimum absolute atomic E-state index is 0.129. The minimum atomic E-state index is -0.181. The Bertz CT molecular complexity index is 585. The molecule has 1 aliphatic heterocycles. The molecule has 0 amide bonds. The van der Waals surface area contributed by atoms with Gasteiger partial charge in [-0.1, -0.05) is 6.92 Å². The van der Waals surface area contributed by atoms with Crippen molar-refractivity contribution in [3.8, 4) is 0 Å². The van der Waals surface area contributed by atoms with Crippen LogP contribution in [0.3, 0.4) is 0 Å². The van der Waals surface area contributed by atoms with E-state index in [-0.39, 0.29) is 11.9 Å². The zero-order chi connectivity index (χ0) is 13.2. The first-order valence-corrected chi connectivity index (χ1v) is 8.03. The number of fused-ring (bicyclic) bond motifs is 1. The van der Waals surface area contributed by atoms with Crippen LogP contribution in [0.25, 0.3) is 0 Å². The number of aromatic nitrogens is 2. The Labute approximate surface area is 119 Å². The summed E-state index contributed by atoms with van der Waals surface area (Å²) in [6.45, 7) is 2.04. The minimum Gasteiger partial charge on any atom is -0.353 e. The molecule has 3 rings (SSSR count). The number of benzene rings is 1. The molecule has 19 heavy (non-hydrogen) atoms. The maximum Gasteiger partial charge on any atom is 0.203 e. The van der Waals surface area contributed by atoms with Gasteiger partial charge in [-0.25, -0.2) is 9.37 Å². The molecule has 1 aromatic heterocycles. The molecule has 1 aliphatic rings. The third-order valence-electron chi connectivity index (χ3n) is 3.09. The van der Waals surface area contributed by atoms with E-state index in [9.17, 15) is 4.39 Å². The molecule has 0 saturated heterocycles. The fraction of sp³-hybridized carbons (Fsp3) is 0.385. The lowest BCUT2D eigenvalue weighted by molar-refractivity contribution is 0.616. The number of halogens is 1. The summed E-state index contributed by atoms with van der Waals surface area (Å²) >= 11 is 3.16. The number of hydrogen-bond acceptors (Lipinski definition) is 5. The summed E-state index contributed by atoms with van der Waals surface area (Å²) in [5, 5.41) is 4.21. The number of hydrogen-bond donors (Lipinski definition) is 1. The fourth-order valence-corrected chi connectivity index (χ4v) is 3.93. The first kappa shape index (κ1) is 12.9. The Morgan fingerprint density at radius 1 is 1.47 bits per heavy atom. The second-order valence-corrected chi connectivity index (χ2v) is 6.27. The van der Waals surface area contributed by atoms with Crippen LogP contribution in [0.4, 0.5) is 9.52 Å². The fourth-order valence-electron chi connectivity index (χ4n) is 2.12. The number of aryl methyl sites for hydroxylation is 1. The maximum absolute atomic E-state index is 13.4. The van der Waals surface area contributed by atoms with E-state index in [2.05, 4.69) is 14.7 Å². The van der Waals surface area contributed by atoms with Crippen molar-refractivity contribution in [1.29, 1.82) is 0 Å². The monoisotopic (exact) mass is 295 g/mol. The van der Waals surface area contributed by atoms with Gasteiger partial charge in [0.15, 0.2) is 0 Å². The summed E-state index contributed by atoms with van der Waals surface area (Å²) in [6, 6.07) is 5.14. The lowest BCUT2D eigenvalue weighted by atomic mass is 10.0. The van der Waals surface area contributed by atoms with Gasteiger partial charge in [0.05, 0.1) is 6.04 Å². The summed E-state index contributed by atoms with van der Waals surface area (Å²) in [5.41, 5.74) is 1.03. The molecule has 100 valence electrons. The summed E-state index contributed by atoms with van der Waals surface area (Å²) in [6.07, 6.45) is 1.81. The predicted octanol–water partition coefficient (Wildman–Crippen LogP) is 3.89. The predicted molar refractivity (Wildman–Crippen MR) is 77.4 cm³/mol. The van der Waals surface area contributed by atoms with Crippen LogP contribution < -0.4 is 5.32 Å². The molecular formula is C13H14FN3S2. The van der Waals surface area contributed by atoms with E-state index in [1.807, 2.05) is 13.0 Å². The zero-order valence-corrected chi connectivity index (χ0v) is 12.2. The van der Waals surface area contributed by atoms with Crippen LogP contribution in [-0.2, 0) is 6.42 Å². The van der Waals surface area contributed by atoms with Crippen LogP contribution in [0, 0.1) is 5.82 Å². The van der Waals surface area contributed by atoms with Crippen LogP contribution in [0.1, 0.15) is 30.8 Å². The van der Waals surface area contributed by atoms with E-state index in [1.165, 1.54) is 17.6 Å². The van der Waals surface area contributed by atoms with Gasteiger partial charge in [0.25, 0.3) is 0 Å². The molecule has 3 nitrogen and oxygen atoms in total. The Morgan fingerprint density at radius 3 is 3.16 bits per heavy atom. The van der Waals surface area contributed by atoms with E-state index in [0.717, 1.165) is 40.0 Å². The molecule has 1 N–H and O–H groups in total. The third kappa shape index (κ3) is 2.74. The van der Waals surface area contributed by atoms with Crippen LogP contribution >= 0.6 is 23.3 Å². The van der Waals surface area contributed by atoms with Gasteiger partial charge in [-0.3, -0.25) is 0 Å². The van der Waals surface area contributed by atoms with Crippen molar-refractivity contribution in [3.63, 3.8) is 0 Å². The van der Waals surface area contributed by atoms with Gasteiger partial charge in [0.2, 0.25) is 5.13 Å². The Kier molecular flexibility index (Phi) is 3.70. The van der Waals surface area contributed by atoms with E-state index in [0.29, 0.717) is 0 Å². The van der Waals surface area contributed by atoms with Crippen molar-refractivity contribution >= 4 is 28.4 Å². The number of nitrogens with zero attached hydrogens (tertiary/aromatic N) is 2. The molecule has 0 aliphatic carbocycles. The zero-order valence-electron chi connectivity index (χ0n) is 10.5. The second kappa shape index (κ2) is 5.46. The van der Waals surface area contributed by atoms with Crippen molar-refractivity contribution in [2.75, 3.05) is 11.1 Å². The van der Waals surface area contributed by atoms with Gasteiger partial charge < -0.3 is 5.32 Å². The molecule has 0 saturated carbocycles. The number of rotatable bonds is 3. The van der Waals surface area contributed by atoms with Crippen molar-refractivity contribution in [1.82, 2.24) is 9.36 Å². The van der Waals surface area contributed by atoms with Crippen LogP contribution in [0.2, 0.25) is 0 Å².